The molecule has 0 amide bonds. The molecule has 0 aliphatic heterocycles. The second kappa shape index (κ2) is 2.27. The van der Waals surface area contributed by atoms with Gasteiger partial charge in [-0.15, -0.1) is 0 Å². The quantitative estimate of drug-likeness (QED) is 0.507. The van der Waals surface area contributed by atoms with Gasteiger partial charge in [0, 0.05) is 18.8 Å². The van der Waals surface area contributed by atoms with E-state index in [9.17, 15) is 0 Å². The van der Waals surface area contributed by atoms with Crippen molar-refractivity contribution in [2.45, 2.75) is 0 Å². The largest absolute Gasteiger partial charge is 0.261 e. The fraction of sp³-hybridized carbons (Fsp3) is 0. The van der Waals surface area contributed by atoms with Gasteiger partial charge in [-0.05, 0) is 12.1 Å². The highest BCUT2D eigenvalue weighted by Crippen LogP contribution is 1.96. The second-order valence-corrected chi connectivity index (χ2v) is 1.58. The zero-order valence-corrected chi connectivity index (χ0v) is 4.70. The highest BCUT2D eigenvalue weighted by molar-refractivity contribution is 5.29. The Morgan fingerprint density at radius 3 is 2.89 bits per heavy atom. The maximum Gasteiger partial charge on any atom is 0.0992 e. The van der Waals surface area contributed by atoms with Gasteiger partial charge in [0.2, 0.25) is 0 Å². The van der Waals surface area contributed by atoms with Crippen molar-refractivity contribution >= 4 is 0 Å². The van der Waals surface area contributed by atoms with Crippen molar-refractivity contribution in [3.05, 3.63) is 36.5 Å². The van der Waals surface area contributed by atoms with Crippen molar-refractivity contribution in [2.75, 3.05) is 0 Å². The lowest BCUT2D eigenvalue weighted by Gasteiger charge is -1.87. The lowest BCUT2D eigenvalue weighted by atomic mass is 10.2. The first kappa shape index (κ1) is 5.77. The zero-order chi connectivity index (χ0) is 6.69. The molecule has 42 valence electrons. The Hall–Kier alpha value is -1.36. The molecule has 0 saturated heterocycles. The van der Waals surface area contributed by atoms with Crippen LogP contribution in [0.1, 0.15) is 11.3 Å². The van der Waals surface area contributed by atoms with E-state index in [1.54, 1.807) is 6.07 Å². The molecule has 2 nitrogen and oxygen atoms in total. The second-order valence-electron chi connectivity index (χ2n) is 1.58. The number of hydrogen-bond acceptors (Lipinski definition) is 2. The third-order valence-corrected chi connectivity index (χ3v) is 0.910. The molecular formula is C7H4N2. The van der Waals surface area contributed by atoms with E-state index in [1.165, 1.54) is 12.3 Å². The standard InChI is InChI=1S/C7H4N2/c1-6-4-7(5-8)2-3-9-6/h1-4H. The maximum atomic E-state index is 8.33. The first-order chi connectivity index (χ1) is 4.33. The van der Waals surface area contributed by atoms with E-state index in [4.69, 9.17) is 12.2 Å². The van der Waals surface area contributed by atoms with E-state index < -0.39 is 0 Å². The lowest BCUT2D eigenvalue weighted by molar-refractivity contribution is 1.25. The third-order valence-electron chi connectivity index (χ3n) is 0.910. The summed E-state index contributed by atoms with van der Waals surface area (Å²) in [5.41, 5.74) is 0.927. The molecule has 0 N–H and O–H groups in total. The first-order valence-electron chi connectivity index (χ1n) is 2.44. The first-order valence-corrected chi connectivity index (χ1v) is 2.44. The summed E-state index contributed by atoms with van der Waals surface area (Å²) in [6.07, 6.45) is 1.51. The summed E-state index contributed by atoms with van der Waals surface area (Å²) in [5, 5.41) is 8.33. The lowest BCUT2D eigenvalue weighted by Crippen LogP contribution is -1.79. The zero-order valence-electron chi connectivity index (χ0n) is 4.70. The summed E-state index contributed by atoms with van der Waals surface area (Å²) in [6, 6.07) is 5.08. The van der Waals surface area contributed by atoms with E-state index >= 15 is 0 Å². The topological polar surface area (TPSA) is 36.7 Å². The van der Waals surface area contributed by atoms with Crippen LogP contribution in [0.3, 0.4) is 0 Å². The Bertz CT molecular complexity index is 247. The average Bonchev–Trinajstić information content (AvgIpc) is 1.88. The molecule has 2 heteroatoms. The van der Waals surface area contributed by atoms with E-state index in [-0.39, 0.29) is 0 Å². The Morgan fingerprint density at radius 1 is 1.67 bits per heavy atom. The number of rotatable bonds is 0. The summed E-state index contributed by atoms with van der Waals surface area (Å²) >= 11 is 0. The summed E-state index contributed by atoms with van der Waals surface area (Å²) < 4.78 is 0. The Kier molecular flexibility index (Phi) is 1.46. The van der Waals surface area contributed by atoms with Gasteiger partial charge in [-0.25, -0.2) is 0 Å². The Balaban J connectivity index is 3.12. The van der Waals surface area contributed by atoms with Crippen molar-refractivity contribution in [3.8, 4) is 6.07 Å². The summed E-state index contributed by atoms with van der Waals surface area (Å²) in [6.45, 7) is 5.27. The van der Waals surface area contributed by atoms with Crippen molar-refractivity contribution in [1.29, 1.82) is 5.26 Å². The number of pyridine rings is 1. The van der Waals surface area contributed by atoms with Crippen LogP contribution >= 0.6 is 0 Å². The number of nitrogens with zero attached hydrogens (tertiary/aromatic N) is 2. The van der Waals surface area contributed by atoms with Gasteiger partial charge in [-0.2, -0.15) is 5.26 Å². The van der Waals surface area contributed by atoms with Gasteiger partial charge in [0.25, 0.3) is 0 Å². The molecule has 2 radical (unpaired) electrons. The maximum absolute atomic E-state index is 8.33. The molecule has 1 heterocycles. The molecule has 0 spiro atoms. The highest BCUT2D eigenvalue weighted by Gasteiger charge is 1.87. The van der Waals surface area contributed by atoms with Gasteiger partial charge in [-0.3, -0.25) is 4.98 Å². The molecule has 0 aliphatic carbocycles. The minimum atomic E-state index is 0.383. The van der Waals surface area contributed by atoms with Gasteiger partial charge in [0.1, 0.15) is 0 Å². The summed E-state index contributed by atoms with van der Waals surface area (Å²) in [4.78, 5) is 3.71. The van der Waals surface area contributed by atoms with E-state index in [0.717, 1.165) is 0 Å². The summed E-state index contributed by atoms with van der Waals surface area (Å²) in [5.74, 6) is 0. The third kappa shape index (κ3) is 1.26. The molecule has 1 aromatic heterocycles. The molecule has 0 atom stereocenters. The number of aromatic nitrogens is 1. The van der Waals surface area contributed by atoms with E-state index in [1.807, 2.05) is 6.07 Å². The Morgan fingerprint density at radius 2 is 2.44 bits per heavy atom. The van der Waals surface area contributed by atoms with Crippen LogP contribution in [-0.2, 0) is 0 Å². The van der Waals surface area contributed by atoms with Crippen LogP contribution in [0.5, 0.6) is 0 Å². The SMILES string of the molecule is [CH]c1cc(C#N)ccn1. The van der Waals surface area contributed by atoms with Gasteiger partial charge in [0.15, 0.2) is 0 Å². The smallest absolute Gasteiger partial charge is 0.0992 e. The van der Waals surface area contributed by atoms with Crippen LogP contribution in [0.15, 0.2) is 18.3 Å². The number of hydrogen-bond donors (Lipinski definition) is 0. The fourth-order valence-electron chi connectivity index (χ4n) is 0.518. The molecule has 1 rings (SSSR count). The monoisotopic (exact) mass is 116 g/mol. The molecule has 0 bridgehead atoms. The van der Waals surface area contributed by atoms with Crippen molar-refractivity contribution in [3.63, 3.8) is 0 Å². The minimum absolute atomic E-state index is 0.383. The minimum Gasteiger partial charge on any atom is -0.261 e. The van der Waals surface area contributed by atoms with Crippen LogP contribution in [0.2, 0.25) is 0 Å². The molecule has 0 saturated carbocycles. The molecule has 1 aromatic rings. The molecule has 0 unspecified atom stereocenters. The van der Waals surface area contributed by atoms with Crippen LogP contribution in [-0.4, -0.2) is 4.98 Å². The van der Waals surface area contributed by atoms with E-state index in [0.29, 0.717) is 11.3 Å². The molecule has 0 aliphatic rings. The van der Waals surface area contributed by atoms with Gasteiger partial charge in [0.05, 0.1) is 11.6 Å². The highest BCUT2D eigenvalue weighted by atomic mass is 14.6. The fourth-order valence-corrected chi connectivity index (χ4v) is 0.518. The molecular weight excluding hydrogens is 112 g/mol. The van der Waals surface area contributed by atoms with Crippen LogP contribution in [0, 0.1) is 18.3 Å². The molecule has 0 fully saturated rings. The van der Waals surface area contributed by atoms with Crippen LogP contribution < -0.4 is 0 Å². The van der Waals surface area contributed by atoms with Gasteiger partial charge in [-0.1, -0.05) is 0 Å². The predicted octanol–water partition coefficient (Wildman–Crippen LogP) is 1.01. The van der Waals surface area contributed by atoms with Crippen LogP contribution in [0.25, 0.3) is 0 Å². The van der Waals surface area contributed by atoms with Gasteiger partial charge < -0.3 is 0 Å². The normalized spacial score (nSPS) is 8.44. The summed E-state index contributed by atoms with van der Waals surface area (Å²) in [7, 11) is 0. The Labute approximate surface area is 53.8 Å². The van der Waals surface area contributed by atoms with Crippen LogP contribution in [0.4, 0.5) is 0 Å². The predicted molar refractivity (Wildman–Crippen MR) is 32.4 cm³/mol. The molecule has 0 aromatic carbocycles. The van der Waals surface area contributed by atoms with Gasteiger partial charge >= 0.3 is 0 Å². The molecule has 9 heavy (non-hydrogen) atoms. The number of nitriles is 1. The van der Waals surface area contributed by atoms with Crippen molar-refractivity contribution in [2.24, 2.45) is 0 Å². The van der Waals surface area contributed by atoms with Crippen molar-refractivity contribution < 1.29 is 0 Å². The average molecular weight is 116 g/mol. The van der Waals surface area contributed by atoms with E-state index in [2.05, 4.69) is 4.98 Å². The van der Waals surface area contributed by atoms with Crippen molar-refractivity contribution in [1.82, 2.24) is 4.98 Å².